The van der Waals surface area contributed by atoms with E-state index in [0.717, 1.165) is 47.3 Å². The lowest BCUT2D eigenvalue weighted by molar-refractivity contribution is 0.0793. The molecular weight excluding hydrogens is 318 g/mol. The average molecular weight is 336 g/mol. The van der Waals surface area contributed by atoms with Crippen LogP contribution in [-0.2, 0) is 11.8 Å². The number of nitrogens with zero attached hydrogens (tertiary/aromatic N) is 2. The van der Waals surface area contributed by atoms with Crippen LogP contribution in [0.5, 0.6) is 0 Å². The lowest BCUT2D eigenvalue weighted by atomic mass is 9.93. The maximum Gasteiger partial charge on any atom is 0.129 e. The van der Waals surface area contributed by atoms with Gasteiger partial charge in [0.2, 0.25) is 0 Å². The standard InChI is InChI=1S/C15H18BrN3O/c1-19-15(17)13(10-4-6-12(16)7-5-10)14(18-19)11-3-2-8-20-9-11/h4-7,11H,2-3,8-9,17H2,1H3. The molecule has 1 aromatic carbocycles. The molecule has 1 atom stereocenters. The Morgan fingerprint density at radius 3 is 2.75 bits per heavy atom. The van der Waals surface area contributed by atoms with E-state index in [1.165, 1.54) is 0 Å². The van der Waals surface area contributed by atoms with Crippen LogP contribution in [0.3, 0.4) is 0 Å². The largest absolute Gasteiger partial charge is 0.383 e. The van der Waals surface area contributed by atoms with Gasteiger partial charge >= 0.3 is 0 Å². The van der Waals surface area contributed by atoms with E-state index < -0.39 is 0 Å². The molecule has 2 N–H and O–H groups in total. The van der Waals surface area contributed by atoms with Gasteiger partial charge in [-0.1, -0.05) is 28.1 Å². The molecule has 0 bridgehead atoms. The number of aromatic nitrogens is 2. The second-order valence-electron chi connectivity index (χ2n) is 5.19. The molecule has 0 amide bonds. The Labute approximate surface area is 127 Å². The number of nitrogens with two attached hydrogens (primary N) is 1. The van der Waals surface area contributed by atoms with Crippen molar-refractivity contribution in [3.8, 4) is 11.1 Å². The summed E-state index contributed by atoms with van der Waals surface area (Å²) in [4.78, 5) is 0. The highest BCUT2D eigenvalue weighted by atomic mass is 79.9. The van der Waals surface area contributed by atoms with Gasteiger partial charge in [0.05, 0.1) is 12.3 Å². The Bertz CT molecular complexity index is 600. The van der Waals surface area contributed by atoms with E-state index in [1.807, 2.05) is 19.2 Å². The number of anilines is 1. The Balaban J connectivity index is 2.06. The zero-order valence-corrected chi connectivity index (χ0v) is 13.1. The molecule has 0 spiro atoms. The molecule has 1 unspecified atom stereocenters. The van der Waals surface area contributed by atoms with Crippen molar-refractivity contribution in [1.29, 1.82) is 0 Å². The SMILES string of the molecule is Cn1nc(C2CCCOC2)c(-c2ccc(Br)cc2)c1N. The van der Waals surface area contributed by atoms with Crippen molar-refractivity contribution in [3.05, 3.63) is 34.4 Å². The Morgan fingerprint density at radius 2 is 2.10 bits per heavy atom. The van der Waals surface area contributed by atoms with Crippen LogP contribution in [0.2, 0.25) is 0 Å². The van der Waals surface area contributed by atoms with Crippen molar-refractivity contribution in [2.45, 2.75) is 18.8 Å². The summed E-state index contributed by atoms with van der Waals surface area (Å²) < 4.78 is 8.42. The zero-order chi connectivity index (χ0) is 14.1. The Morgan fingerprint density at radius 1 is 1.35 bits per heavy atom. The van der Waals surface area contributed by atoms with Gasteiger partial charge in [-0.05, 0) is 30.5 Å². The van der Waals surface area contributed by atoms with Gasteiger partial charge in [-0.25, -0.2) is 0 Å². The molecule has 20 heavy (non-hydrogen) atoms. The lowest BCUT2D eigenvalue weighted by Gasteiger charge is -2.21. The van der Waals surface area contributed by atoms with Crippen LogP contribution >= 0.6 is 15.9 Å². The normalized spacial score (nSPS) is 19.2. The smallest absolute Gasteiger partial charge is 0.129 e. The van der Waals surface area contributed by atoms with Crippen LogP contribution in [0, 0.1) is 0 Å². The number of rotatable bonds is 2. The summed E-state index contributed by atoms with van der Waals surface area (Å²) >= 11 is 3.46. The van der Waals surface area contributed by atoms with E-state index in [1.54, 1.807) is 4.68 Å². The number of aryl methyl sites for hydroxylation is 1. The minimum absolute atomic E-state index is 0.339. The molecule has 0 saturated carbocycles. The fourth-order valence-electron chi connectivity index (χ4n) is 2.71. The summed E-state index contributed by atoms with van der Waals surface area (Å²) in [6, 6.07) is 8.21. The van der Waals surface area contributed by atoms with Crippen LogP contribution in [0.15, 0.2) is 28.7 Å². The van der Waals surface area contributed by atoms with Gasteiger partial charge in [0, 0.05) is 29.6 Å². The maximum atomic E-state index is 6.23. The van der Waals surface area contributed by atoms with Gasteiger partial charge < -0.3 is 10.5 Å². The third kappa shape index (κ3) is 2.47. The number of halogens is 1. The first-order valence-electron chi connectivity index (χ1n) is 6.83. The molecule has 1 aliphatic rings. The predicted molar refractivity (Wildman–Crippen MR) is 83.6 cm³/mol. The highest BCUT2D eigenvalue weighted by molar-refractivity contribution is 9.10. The number of benzene rings is 1. The maximum absolute atomic E-state index is 6.23. The second kappa shape index (κ2) is 5.58. The van der Waals surface area contributed by atoms with Gasteiger partial charge in [-0.15, -0.1) is 0 Å². The number of hydrogen-bond acceptors (Lipinski definition) is 3. The van der Waals surface area contributed by atoms with Crippen LogP contribution in [0.25, 0.3) is 11.1 Å². The van der Waals surface area contributed by atoms with Crippen molar-refractivity contribution in [2.24, 2.45) is 7.05 Å². The first-order valence-corrected chi connectivity index (χ1v) is 7.62. The van der Waals surface area contributed by atoms with E-state index in [4.69, 9.17) is 10.5 Å². The van der Waals surface area contributed by atoms with Gasteiger partial charge in [0.15, 0.2) is 0 Å². The molecule has 5 heteroatoms. The molecule has 1 aliphatic heterocycles. The molecule has 0 aliphatic carbocycles. The monoisotopic (exact) mass is 335 g/mol. The number of hydrogen-bond donors (Lipinski definition) is 1. The third-order valence-electron chi connectivity index (χ3n) is 3.80. The summed E-state index contributed by atoms with van der Waals surface area (Å²) in [6.45, 7) is 1.59. The summed E-state index contributed by atoms with van der Waals surface area (Å²) in [6.07, 6.45) is 2.20. The van der Waals surface area contributed by atoms with E-state index in [-0.39, 0.29) is 0 Å². The number of ether oxygens (including phenoxy) is 1. The van der Waals surface area contributed by atoms with Crippen LogP contribution in [0.1, 0.15) is 24.5 Å². The van der Waals surface area contributed by atoms with Gasteiger partial charge in [-0.2, -0.15) is 5.10 Å². The molecule has 2 heterocycles. The van der Waals surface area contributed by atoms with Gasteiger partial charge in [-0.3, -0.25) is 4.68 Å². The predicted octanol–water partition coefficient (Wildman–Crippen LogP) is 3.33. The molecule has 1 aromatic heterocycles. The van der Waals surface area contributed by atoms with E-state index in [9.17, 15) is 0 Å². The van der Waals surface area contributed by atoms with E-state index in [2.05, 4.69) is 33.2 Å². The minimum Gasteiger partial charge on any atom is -0.383 e. The third-order valence-corrected chi connectivity index (χ3v) is 4.33. The highest BCUT2D eigenvalue weighted by Gasteiger charge is 2.25. The van der Waals surface area contributed by atoms with Gasteiger partial charge in [0.25, 0.3) is 0 Å². The fourth-order valence-corrected chi connectivity index (χ4v) is 2.98. The summed E-state index contributed by atoms with van der Waals surface area (Å²) in [5.41, 5.74) is 9.45. The molecule has 3 rings (SSSR count). The van der Waals surface area contributed by atoms with Crippen molar-refractivity contribution in [1.82, 2.24) is 9.78 Å². The second-order valence-corrected chi connectivity index (χ2v) is 6.11. The average Bonchev–Trinajstić information content (AvgIpc) is 2.77. The zero-order valence-electron chi connectivity index (χ0n) is 11.5. The van der Waals surface area contributed by atoms with E-state index in [0.29, 0.717) is 11.7 Å². The molecule has 4 nitrogen and oxygen atoms in total. The molecule has 1 saturated heterocycles. The summed E-state index contributed by atoms with van der Waals surface area (Å²) in [7, 11) is 1.89. The number of nitrogen functional groups attached to an aromatic ring is 1. The van der Waals surface area contributed by atoms with E-state index >= 15 is 0 Å². The Kier molecular flexibility index (Phi) is 3.81. The van der Waals surface area contributed by atoms with Crippen molar-refractivity contribution < 1.29 is 4.74 Å². The van der Waals surface area contributed by atoms with Crippen molar-refractivity contribution >= 4 is 21.7 Å². The molecule has 106 valence electrons. The van der Waals surface area contributed by atoms with Crippen molar-refractivity contribution in [2.75, 3.05) is 18.9 Å². The molecule has 0 radical (unpaired) electrons. The van der Waals surface area contributed by atoms with Crippen molar-refractivity contribution in [3.63, 3.8) is 0 Å². The summed E-state index contributed by atoms with van der Waals surface area (Å²) in [5, 5.41) is 4.63. The van der Waals surface area contributed by atoms with Gasteiger partial charge in [0.1, 0.15) is 5.82 Å². The molecular formula is C15H18BrN3O. The quantitative estimate of drug-likeness (QED) is 0.915. The minimum atomic E-state index is 0.339. The lowest BCUT2D eigenvalue weighted by Crippen LogP contribution is -2.16. The first kappa shape index (κ1) is 13.6. The Hall–Kier alpha value is -1.33. The topological polar surface area (TPSA) is 53.1 Å². The highest BCUT2D eigenvalue weighted by Crippen LogP contribution is 2.37. The molecule has 1 fully saturated rings. The van der Waals surface area contributed by atoms with Crippen LogP contribution < -0.4 is 5.73 Å². The fraction of sp³-hybridized carbons (Fsp3) is 0.400. The summed E-state index contributed by atoms with van der Waals surface area (Å²) in [5.74, 6) is 1.05. The first-order chi connectivity index (χ1) is 9.66. The molecule has 2 aromatic rings. The van der Waals surface area contributed by atoms with Crippen LogP contribution in [0.4, 0.5) is 5.82 Å². The van der Waals surface area contributed by atoms with Crippen LogP contribution in [-0.4, -0.2) is 23.0 Å².